The highest BCUT2D eigenvalue weighted by Crippen LogP contribution is 2.31. The molecule has 0 aromatic heterocycles. The van der Waals surface area contributed by atoms with Gasteiger partial charge in [-0.25, -0.2) is 8.42 Å². The Hall–Kier alpha value is -1.60. The topological polar surface area (TPSA) is 57.7 Å². The van der Waals surface area contributed by atoms with E-state index in [0.717, 1.165) is 0 Å². The average Bonchev–Trinajstić information content (AvgIpc) is 2.61. The molecule has 1 fully saturated rings. The molecule has 0 aliphatic carbocycles. The number of halogens is 2. The van der Waals surface area contributed by atoms with Crippen LogP contribution in [0.4, 0.5) is 0 Å². The number of carbonyl (C=O) groups excluding carboxylic acids is 1. The van der Waals surface area contributed by atoms with Crippen molar-refractivity contribution >= 4 is 39.1 Å². The van der Waals surface area contributed by atoms with Crippen LogP contribution < -0.4 is 0 Å². The second-order valence-electron chi connectivity index (χ2n) is 5.61. The lowest BCUT2D eigenvalue weighted by Gasteiger charge is -2.34. The Bertz CT molecular complexity index is 860. The second kappa shape index (κ2) is 7.33. The van der Waals surface area contributed by atoms with Gasteiger partial charge in [0.15, 0.2) is 0 Å². The summed E-state index contributed by atoms with van der Waals surface area (Å²) in [6.45, 7) is 1.02. The van der Waals surface area contributed by atoms with Crippen molar-refractivity contribution in [2.45, 2.75) is 4.90 Å². The van der Waals surface area contributed by atoms with Crippen molar-refractivity contribution in [2.75, 3.05) is 26.2 Å². The Labute approximate surface area is 156 Å². The predicted octanol–water partition coefficient (Wildman–Crippen LogP) is 3.14. The number of sulfonamides is 1. The molecule has 0 radical (unpaired) electrons. The Morgan fingerprint density at radius 2 is 1.40 bits per heavy atom. The maximum absolute atomic E-state index is 12.8. The predicted molar refractivity (Wildman–Crippen MR) is 97.6 cm³/mol. The molecule has 0 atom stereocenters. The number of hydrogen-bond acceptors (Lipinski definition) is 3. The number of hydrogen-bond donors (Lipinski definition) is 0. The van der Waals surface area contributed by atoms with Gasteiger partial charge in [0, 0.05) is 31.7 Å². The maximum atomic E-state index is 12.8. The van der Waals surface area contributed by atoms with E-state index >= 15 is 0 Å². The van der Waals surface area contributed by atoms with Crippen molar-refractivity contribution in [1.29, 1.82) is 0 Å². The summed E-state index contributed by atoms with van der Waals surface area (Å²) in [5, 5.41) is 0.186. The SMILES string of the molecule is O=C(c1ccccc1)N1CCN(S(=O)(=O)c2c(Cl)cccc2Cl)CC1. The Morgan fingerprint density at radius 1 is 0.840 bits per heavy atom. The zero-order valence-electron chi connectivity index (χ0n) is 13.2. The van der Waals surface area contributed by atoms with Crippen LogP contribution in [0, 0.1) is 0 Å². The van der Waals surface area contributed by atoms with Gasteiger partial charge in [-0.05, 0) is 24.3 Å². The van der Waals surface area contributed by atoms with E-state index in [1.54, 1.807) is 35.2 Å². The molecule has 1 saturated heterocycles. The summed E-state index contributed by atoms with van der Waals surface area (Å²) in [5.74, 6) is -0.103. The quantitative estimate of drug-likeness (QED) is 0.797. The summed E-state index contributed by atoms with van der Waals surface area (Å²) in [6, 6.07) is 13.5. The molecule has 1 amide bonds. The van der Waals surface area contributed by atoms with Gasteiger partial charge in [0.25, 0.3) is 5.91 Å². The minimum atomic E-state index is -3.81. The van der Waals surface area contributed by atoms with E-state index in [2.05, 4.69) is 0 Å². The first-order chi connectivity index (χ1) is 11.9. The summed E-state index contributed by atoms with van der Waals surface area (Å²) < 4.78 is 27.0. The van der Waals surface area contributed by atoms with Gasteiger partial charge in [0.05, 0.1) is 10.0 Å². The fourth-order valence-electron chi connectivity index (χ4n) is 2.75. The van der Waals surface area contributed by atoms with Gasteiger partial charge in [-0.15, -0.1) is 0 Å². The van der Waals surface area contributed by atoms with Gasteiger partial charge in [0.1, 0.15) is 4.90 Å². The van der Waals surface area contributed by atoms with E-state index in [4.69, 9.17) is 23.2 Å². The molecule has 1 aliphatic heterocycles. The summed E-state index contributed by atoms with van der Waals surface area (Å²) >= 11 is 12.1. The summed E-state index contributed by atoms with van der Waals surface area (Å²) in [7, 11) is -3.81. The monoisotopic (exact) mass is 398 g/mol. The second-order valence-corrected chi connectivity index (χ2v) is 8.30. The lowest BCUT2D eigenvalue weighted by molar-refractivity contribution is 0.0698. The third-order valence-corrected chi connectivity index (χ3v) is 6.92. The smallest absolute Gasteiger partial charge is 0.253 e. The molecular formula is C17H16Cl2N2O3S. The van der Waals surface area contributed by atoms with E-state index in [1.807, 2.05) is 6.07 Å². The van der Waals surface area contributed by atoms with Gasteiger partial charge >= 0.3 is 0 Å². The van der Waals surface area contributed by atoms with Gasteiger partial charge < -0.3 is 4.90 Å². The van der Waals surface area contributed by atoms with Crippen LogP contribution in [-0.4, -0.2) is 49.7 Å². The van der Waals surface area contributed by atoms with Crippen molar-refractivity contribution in [3.05, 3.63) is 64.1 Å². The standard InChI is InChI=1S/C17H16Cl2N2O3S/c18-14-7-4-8-15(19)16(14)25(23,24)21-11-9-20(10-12-21)17(22)13-5-2-1-3-6-13/h1-8H,9-12H2. The normalized spacial score (nSPS) is 16.0. The Balaban J connectivity index is 1.75. The Kier molecular flexibility index (Phi) is 5.34. The largest absolute Gasteiger partial charge is 0.336 e. The minimum absolute atomic E-state index is 0.0823. The van der Waals surface area contributed by atoms with Gasteiger partial charge in [0.2, 0.25) is 10.0 Å². The number of nitrogens with zero attached hydrogens (tertiary/aromatic N) is 2. The van der Waals surface area contributed by atoms with Crippen molar-refractivity contribution in [3.63, 3.8) is 0 Å². The molecule has 0 spiro atoms. The molecule has 25 heavy (non-hydrogen) atoms. The zero-order chi connectivity index (χ0) is 18.0. The van der Waals surface area contributed by atoms with E-state index in [0.29, 0.717) is 18.7 Å². The molecule has 0 unspecified atom stereocenters. The van der Waals surface area contributed by atoms with E-state index < -0.39 is 10.0 Å². The highest BCUT2D eigenvalue weighted by molar-refractivity contribution is 7.89. The van der Waals surface area contributed by atoms with Crippen molar-refractivity contribution in [3.8, 4) is 0 Å². The first-order valence-corrected chi connectivity index (χ1v) is 9.89. The molecule has 3 rings (SSSR count). The van der Waals surface area contributed by atoms with Crippen LogP contribution in [0.3, 0.4) is 0 Å². The molecular weight excluding hydrogens is 383 g/mol. The van der Waals surface area contributed by atoms with Crippen molar-refractivity contribution < 1.29 is 13.2 Å². The lowest BCUT2D eigenvalue weighted by Crippen LogP contribution is -2.50. The van der Waals surface area contributed by atoms with Crippen LogP contribution in [0.5, 0.6) is 0 Å². The summed E-state index contributed by atoms with van der Waals surface area (Å²) in [5.41, 5.74) is 0.591. The molecule has 8 heteroatoms. The van der Waals surface area contributed by atoms with Crippen LogP contribution in [0.15, 0.2) is 53.4 Å². The zero-order valence-corrected chi connectivity index (χ0v) is 15.6. The highest BCUT2D eigenvalue weighted by atomic mass is 35.5. The van der Waals surface area contributed by atoms with Crippen LogP contribution in [-0.2, 0) is 10.0 Å². The highest BCUT2D eigenvalue weighted by Gasteiger charge is 2.33. The minimum Gasteiger partial charge on any atom is -0.336 e. The number of benzene rings is 2. The third-order valence-electron chi connectivity index (χ3n) is 4.06. The van der Waals surface area contributed by atoms with Crippen LogP contribution in [0.25, 0.3) is 0 Å². The molecule has 0 saturated carbocycles. The molecule has 1 aliphatic rings. The number of amides is 1. The van der Waals surface area contributed by atoms with Gasteiger partial charge in [-0.1, -0.05) is 47.5 Å². The van der Waals surface area contributed by atoms with Gasteiger partial charge in [-0.2, -0.15) is 4.31 Å². The average molecular weight is 399 g/mol. The third kappa shape index (κ3) is 3.67. The number of rotatable bonds is 3. The maximum Gasteiger partial charge on any atom is 0.253 e. The van der Waals surface area contributed by atoms with Gasteiger partial charge in [-0.3, -0.25) is 4.79 Å². The molecule has 2 aromatic carbocycles. The number of piperazine rings is 1. The summed E-state index contributed by atoms with van der Waals surface area (Å²) in [4.78, 5) is 14.0. The van der Waals surface area contributed by atoms with Crippen LogP contribution in [0.2, 0.25) is 10.0 Å². The van der Waals surface area contributed by atoms with Crippen molar-refractivity contribution in [2.24, 2.45) is 0 Å². The lowest BCUT2D eigenvalue weighted by atomic mass is 10.2. The van der Waals surface area contributed by atoms with E-state index in [9.17, 15) is 13.2 Å². The van der Waals surface area contributed by atoms with Crippen molar-refractivity contribution in [1.82, 2.24) is 9.21 Å². The molecule has 1 heterocycles. The molecule has 5 nitrogen and oxygen atoms in total. The summed E-state index contributed by atoms with van der Waals surface area (Å²) in [6.07, 6.45) is 0. The van der Waals surface area contributed by atoms with Crippen LogP contribution >= 0.6 is 23.2 Å². The molecule has 2 aromatic rings. The van der Waals surface area contributed by atoms with Crippen LogP contribution in [0.1, 0.15) is 10.4 Å². The molecule has 0 N–H and O–H groups in total. The first kappa shape index (κ1) is 18.2. The van der Waals surface area contributed by atoms with E-state index in [-0.39, 0.29) is 33.9 Å². The Morgan fingerprint density at radius 3 is 1.96 bits per heavy atom. The fraction of sp³-hybridized carbons (Fsp3) is 0.235. The molecule has 132 valence electrons. The number of carbonyl (C=O) groups is 1. The first-order valence-electron chi connectivity index (χ1n) is 7.70. The van der Waals surface area contributed by atoms with E-state index in [1.165, 1.54) is 16.4 Å². The fourth-order valence-corrected chi connectivity index (χ4v) is 5.27. The molecule has 0 bridgehead atoms.